The van der Waals surface area contributed by atoms with Crippen molar-refractivity contribution < 1.29 is 4.74 Å². The maximum absolute atomic E-state index is 8.52. The standard InChI is InChI=1S/C12H15BrN2O/c1-2-7-15-9-10-4-3-5-11(13)12(10)16-8-6-14/h3-5,15H,2,7-9H2,1H3. The molecule has 0 unspecified atom stereocenters. The fourth-order valence-electron chi connectivity index (χ4n) is 1.36. The van der Waals surface area contributed by atoms with Crippen molar-refractivity contribution in [2.75, 3.05) is 13.2 Å². The predicted molar refractivity (Wildman–Crippen MR) is 67.2 cm³/mol. The van der Waals surface area contributed by atoms with Crippen molar-refractivity contribution in [2.45, 2.75) is 19.9 Å². The van der Waals surface area contributed by atoms with Crippen LogP contribution in [-0.4, -0.2) is 13.2 Å². The normalized spacial score (nSPS) is 9.81. The van der Waals surface area contributed by atoms with E-state index in [1.54, 1.807) is 0 Å². The van der Waals surface area contributed by atoms with Crippen LogP contribution in [0.1, 0.15) is 18.9 Å². The molecule has 0 aliphatic rings. The Bertz CT molecular complexity index is 374. The van der Waals surface area contributed by atoms with E-state index in [1.807, 2.05) is 24.3 Å². The van der Waals surface area contributed by atoms with Gasteiger partial charge in [0, 0.05) is 12.1 Å². The maximum atomic E-state index is 8.52. The van der Waals surface area contributed by atoms with Crippen LogP contribution in [0.4, 0.5) is 0 Å². The highest BCUT2D eigenvalue weighted by Gasteiger charge is 2.07. The lowest BCUT2D eigenvalue weighted by atomic mass is 10.2. The van der Waals surface area contributed by atoms with Crippen LogP contribution < -0.4 is 10.1 Å². The number of nitrogens with zero attached hydrogens (tertiary/aromatic N) is 1. The van der Waals surface area contributed by atoms with E-state index >= 15 is 0 Å². The second kappa shape index (κ2) is 7.26. The Morgan fingerprint density at radius 3 is 3.00 bits per heavy atom. The van der Waals surface area contributed by atoms with E-state index in [0.717, 1.165) is 35.3 Å². The average molecular weight is 283 g/mol. The van der Waals surface area contributed by atoms with Crippen LogP contribution in [0, 0.1) is 11.3 Å². The van der Waals surface area contributed by atoms with E-state index in [1.165, 1.54) is 0 Å². The lowest BCUT2D eigenvalue weighted by Gasteiger charge is -2.11. The van der Waals surface area contributed by atoms with E-state index in [0.29, 0.717) is 0 Å². The molecule has 0 saturated carbocycles. The van der Waals surface area contributed by atoms with Gasteiger partial charge < -0.3 is 10.1 Å². The molecule has 0 atom stereocenters. The molecule has 1 aromatic rings. The fraction of sp³-hybridized carbons (Fsp3) is 0.417. The number of ether oxygens (including phenoxy) is 1. The van der Waals surface area contributed by atoms with Gasteiger partial charge in [-0.05, 0) is 35.0 Å². The summed E-state index contributed by atoms with van der Waals surface area (Å²) in [4.78, 5) is 0. The summed E-state index contributed by atoms with van der Waals surface area (Å²) in [6.07, 6.45) is 1.10. The summed E-state index contributed by atoms with van der Waals surface area (Å²) in [7, 11) is 0. The second-order valence-corrected chi connectivity index (χ2v) is 4.21. The summed E-state index contributed by atoms with van der Waals surface area (Å²) >= 11 is 3.42. The van der Waals surface area contributed by atoms with Crippen molar-refractivity contribution in [3.63, 3.8) is 0 Å². The minimum absolute atomic E-state index is 0.0728. The van der Waals surface area contributed by atoms with Gasteiger partial charge in [-0.3, -0.25) is 0 Å². The zero-order chi connectivity index (χ0) is 11.8. The van der Waals surface area contributed by atoms with E-state index < -0.39 is 0 Å². The highest BCUT2D eigenvalue weighted by atomic mass is 79.9. The van der Waals surface area contributed by atoms with Crippen LogP contribution in [-0.2, 0) is 6.54 Å². The Morgan fingerprint density at radius 1 is 1.50 bits per heavy atom. The van der Waals surface area contributed by atoms with Crippen molar-refractivity contribution in [1.29, 1.82) is 5.26 Å². The number of nitrogens with one attached hydrogen (secondary N) is 1. The Labute approximate surface area is 105 Å². The molecule has 0 aromatic heterocycles. The largest absolute Gasteiger partial charge is 0.477 e. The first-order valence-corrected chi connectivity index (χ1v) is 6.06. The van der Waals surface area contributed by atoms with Gasteiger partial charge in [0.25, 0.3) is 0 Å². The summed E-state index contributed by atoms with van der Waals surface area (Å²) in [6, 6.07) is 7.85. The molecule has 1 N–H and O–H groups in total. The zero-order valence-corrected chi connectivity index (χ0v) is 10.9. The Balaban J connectivity index is 2.73. The lowest BCUT2D eigenvalue weighted by molar-refractivity contribution is 0.360. The summed E-state index contributed by atoms with van der Waals surface area (Å²) in [6.45, 7) is 3.93. The molecule has 86 valence electrons. The summed E-state index contributed by atoms with van der Waals surface area (Å²) in [5, 5.41) is 11.8. The van der Waals surface area contributed by atoms with Crippen LogP contribution >= 0.6 is 15.9 Å². The third kappa shape index (κ3) is 3.84. The molecule has 16 heavy (non-hydrogen) atoms. The van der Waals surface area contributed by atoms with Crippen molar-refractivity contribution in [2.24, 2.45) is 0 Å². The Kier molecular flexibility index (Phi) is 5.91. The van der Waals surface area contributed by atoms with E-state index in [-0.39, 0.29) is 6.61 Å². The predicted octanol–water partition coefficient (Wildman–Crippen LogP) is 2.85. The van der Waals surface area contributed by atoms with Gasteiger partial charge >= 0.3 is 0 Å². The smallest absolute Gasteiger partial charge is 0.174 e. The molecular formula is C12H15BrN2O. The molecule has 0 spiro atoms. The molecule has 0 bridgehead atoms. The fourth-order valence-corrected chi connectivity index (χ4v) is 1.88. The molecule has 3 nitrogen and oxygen atoms in total. The Hall–Kier alpha value is -1.05. The van der Waals surface area contributed by atoms with Crippen LogP contribution in [0.15, 0.2) is 22.7 Å². The number of halogens is 1. The first-order chi connectivity index (χ1) is 7.79. The third-order valence-corrected chi connectivity index (χ3v) is 2.70. The molecule has 4 heteroatoms. The average Bonchev–Trinajstić information content (AvgIpc) is 2.28. The van der Waals surface area contributed by atoms with Gasteiger partial charge in [0.15, 0.2) is 6.61 Å². The molecule has 0 aliphatic heterocycles. The first-order valence-electron chi connectivity index (χ1n) is 5.27. The molecule has 0 fully saturated rings. The van der Waals surface area contributed by atoms with Crippen LogP contribution in [0.5, 0.6) is 5.75 Å². The SMILES string of the molecule is CCCNCc1cccc(Br)c1OCC#N. The van der Waals surface area contributed by atoms with E-state index in [2.05, 4.69) is 28.2 Å². The Morgan fingerprint density at radius 2 is 2.31 bits per heavy atom. The summed E-state index contributed by atoms with van der Waals surface area (Å²) < 4.78 is 6.29. The summed E-state index contributed by atoms with van der Waals surface area (Å²) in [5.41, 5.74) is 1.07. The van der Waals surface area contributed by atoms with E-state index in [9.17, 15) is 0 Å². The molecule has 1 rings (SSSR count). The molecule has 0 heterocycles. The van der Waals surface area contributed by atoms with Gasteiger partial charge in [0.2, 0.25) is 0 Å². The highest BCUT2D eigenvalue weighted by molar-refractivity contribution is 9.10. The van der Waals surface area contributed by atoms with Gasteiger partial charge in [0.1, 0.15) is 11.8 Å². The van der Waals surface area contributed by atoms with Crippen LogP contribution in [0.25, 0.3) is 0 Å². The zero-order valence-electron chi connectivity index (χ0n) is 9.29. The minimum Gasteiger partial charge on any atom is -0.477 e. The van der Waals surface area contributed by atoms with Gasteiger partial charge in [-0.15, -0.1) is 0 Å². The van der Waals surface area contributed by atoms with Crippen molar-refractivity contribution >= 4 is 15.9 Å². The number of para-hydroxylation sites is 1. The van der Waals surface area contributed by atoms with Gasteiger partial charge in [-0.1, -0.05) is 19.1 Å². The minimum atomic E-state index is 0.0728. The molecule has 1 aromatic carbocycles. The molecule has 0 aliphatic carbocycles. The molecule has 0 amide bonds. The van der Waals surface area contributed by atoms with Crippen LogP contribution in [0.2, 0.25) is 0 Å². The van der Waals surface area contributed by atoms with Gasteiger partial charge in [0.05, 0.1) is 4.47 Å². The topological polar surface area (TPSA) is 45.0 Å². The van der Waals surface area contributed by atoms with Crippen molar-refractivity contribution in [1.82, 2.24) is 5.32 Å². The monoisotopic (exact) mass is 282 g/mol. The van der Waals surface area contributed by atoms with Crippen molar-refractivity contribution in [3.8, 4) is 11.8 Å². The lowest BCUT2D eigenvalue weighted by Crippen LogP contribution is -2.14. The maximum Gasteiger partial charge on any atom is 0.174 e. The van der Waals surface area contributed by atoms with Crippen molar-refractivity contribution in [3.05, 3.63) is 28.2 Å². The van der Waals surface area contributed by atoms with Gasteiger partial charge in [-0.2, -0.15) is 5.26 Å². The third-order valence-electron chi connectivity index (χ3n) is 2.07. The number of nitriles is 1. The number of benzene rings is 1. The van der Waals surface area contributed by atoms with E-state index in [4.69, 9.17) is 10.00 Å². The number of hydrogen-bond donors (Lipinski definition) is 1. The molecule has 0 saturated heterocycles. The first kappa shape index (κ1) is 13.0. The van der Waals surface area contributed by atoms with Crippen LogP contribution in [0.3, 0.4) is 0 Å². The number of hydrogen-bond acceptors (Lipinski definition) is 3. The quantitative estimate of drug-likeness (QED) is 0.816. The molecular weight excluding hydrogens is 268 g/mol. The molecule has 0 radical (unpaired) electrons. The summed E-state index contributed by atoms with van der Waals surface area (Å²) in [5.74, 6) is 0.757. The van der Waals surface area contributed by atoms with Gasteiger partial charge in [-0.25, -0.2) is 0 Å². The highest BCUT2D eigenvalue weighted by Crippen LogP contribution is 2.28. The second-order valence-electron chi connectivity index (χ2n) is 3.35. The number of rotatable bonds is 6.